The van der Waals surface area contributed by atoms with E-state index in [9.17, 15) is 4.79 Å². The van der Waals surface area contributed by atoms with Crippen LogP contribution in [0.15, 0.2) is 71.1 Å². The molecule has 0 saturated carbocycles. The molecule has 0 radical (unpaired) electrons. The number of halogens is 1. The van der Waals surface area contributed by atoms with E-state index in [1.165, 1.54) is 5.56 Å². The Labute approximate surface area is 186 Å². The Hall–Kier alpha value is -3.31. The number of hydrogen-bond donors (Lipinski definition) is 1. The Morgan fingerprint density at radius 3 is 2.65 bits per heavy atom. The molecule has 4 rings (SSSR count). The number of para-hydroxylation sites is 2. The molecule has 0 saturated heterocycles. The van der Waals surface area contributed by atoms with Crippen molar-refractivity contribution in [2.24, 2.45) is 0 Å². The average Bonchev–Trinajstić information content (AvgIpc) is 3.23. The summed E-state index contributed by atoms with van der Waals surface area (Å²) in [4.78, 5) is 16.9. The molecular weight excluding hydrogens is 412 g/mol. The van der Waals surface area contributed by atoms with Crippen molar-refractivity contribution in [3.63, 3.8) is 0 Å². The molecular formula is C25H23ClN2O3. The third-order valence-electron chi connectivity index (χ3n) is 5.21. The van der Waals surface area contributed by atoms with Gasteiger partial charge in [0.15, 0.2) is 12.2 Å². The lowest BCUT2D eigenvalue weighted by Gasteiger charge is -2.11. The Kier molecular flexibility index (Phi) is 6.23. The summed E-state index contributed by atoms with van der Waals surface area (Å²) in [6.07, 6.45) is 1.08. The van der Waals surface area contributed by atoms with Crippen molar-refractivity contribution in [1.29, 1.82) is 0 Å². The lowest BCUT2D eigenvalue weighted by molar-refractivity contribution is -0.118. The van der Waals surface area contributed by atoms with Crippen molar-refractivity contribution in [2.75, 3.05) is 11.9 Å². The van der Waals surface area contributed by atoms with Crippen LogP contribution in [0.3, 0.4) is 0 Å². The minimum absolute atomic E-state index is 0.119. The number of amides is 1. The van der Waals surface area contributed by atoms with Crippen LogP contribution in [0, 0.1) is 0 Å². The van der Waals surface area contributed by atoms with Gasteiger partial charge < -0.3 is 14.5 Å². The van der Waals surface area contributed by atoms with Crippen molar-refractivity contribution in [1.82, 2.24) is 4.98 Å². The molecule has 0 fully saturated rings. The number of carbonyl (C=O) groups is 1. The number of ether oxygens (including phenoxy) is 1. The van der Waals surface area contributed by atoms with Gasteiger partial charge in [-0.25, -0.2) is 4.98 Å². The van der Waals surface area contributed by atoms with Crippen LogP contribution in [0.2, 0.25) is 5.02 Å². The zero-order valence-electron chi connectivity index (χ0n) is 17.4. The fourth-order valence-corrected chi connectivity index (χ4v) is 3.38. The monoisotopic (exact) mass is 434 g/mol. The smallest absolute Gasteiger partial charge is 0.262 e. The second-order valence-corrected chi connectivity index (χ2v) is 7.80. The number of carbonyl (C=O) groups excluding carboxylic acids is 1. The molecule has 1 unspecified atom stereocenters. The molecule has 1 N–H and O–H groups in total. The number of benzene rings is 3. The normalized spacial score (nSPS) is 12.0. The first-order chi connectivity index (χ1) is 15.0. The number of oxazole rings is 1. The first kappa shape index (κ1) is 20.9. The molecule has 0 spiro atoms. The summed E-state index contributed by atoms with van der Waals surface area (Å²) in [5, 5.41) is 3.22. The number of nitrogens with one attached hydrogen (secondary N) is 1. The van der Waals surface area contributed by atoms with Crippen molar-refractivity contribution in [3.8, 4) is 17.2 Å². The highest BCUT2D eigenvalue weighted by atomic mass is 35.5. The fourth-order valence-electron chi connectivity index (χ4n) is 3.21. The Morgan fingerprint density at radius 1 is 1.13 bits per heavy atom. The van der Waals surface area contributed by atoms with Gasteiger partial charge in [0, 0.05) is 5.56 Å². The Morgan fingerprint density at radius 2 is 1.90 bits per heavy atom. The van der Waals surface area contributed by atoms with E-state index >= 15 is 0 Å². The van der Waals surface area contributed by atoms with E-state index in [-0.39, 0.29) is 12.5 Å². The lowest BCUT2D eigenvalue weighted by atomic mass is 9.99. The molecule has 6 heteroatoms. The van der Waals surface area contributed by atoms with E-state index in [2.05, 4.69) is 24.1 Å². The summed E-state index contributed by atoms with van der Waals surface area (Å²) in [5.41, 5.74) is 3.92. The topological polar surface area (TPSA) is 64.4 Å². The average molecular weight is 435 g/mol. The molecule has 1 atom stereocenters. The molecule has 1 amide bonds. The number of fused-ring (bicyclic) bond motifs is 1. The van der Waals surface area contributed by atoms with Crippen molar-refractivity contribution in [3.05, 3.63) is 77.3 Å². The van der Waals surface area contributed by atoms with E-state index in [0.717, 1.165) is 17.5 Å². The van der Waals surface area contributed by atoms with Gasteiger partial charge in [0.25, 0.3) is 5.91 Å². The van der Waals surface area contributed by atoms with Crippen LogP contribution in [0.4, 0.5) is 5.69 Å². The molecule has 5 nitrogen and oxygen atoms in total. The van der Waals surface area contributed by atoms with Gasteiger partial charge in [-0.15, -0.1) is 0 Å². The first-order valence-electron chi connectivity index (χ1n) is 10.2. The largest absolute Gasteiger partial charge is 0.484 e. The predicted molar refractivity (Wildman–Crippen MR) is 124 cm³/mol. The maximum Gasteiger partial charge on any atom is 0.262 e. The first-order valence-corrected chi connectivity index (χ1v) is 10.6. The molecule has 0 aliphatic rings. The van der Waals surface area contributed by atoms with Crippen LogP contribution < -0.4 is 10.1 Å². The SMILES string of the molecule is CCC(C)c1ccc(OCC(=O)Nc2cc(-c3nc4ccccc4o3)ccc2Cl)cc1. The highest BCUT2D eigenvalue weighted by Crippen LogP contribution is 2.30. The van der Waals surface area contributed by atoms with Gasteiger partial charge in [0.1, 0.15) is 11.3 Å². The Bertz CT molecular complexity index is 1170. The Balaban J connectivity index is 1.42. The predicted octanol–water partition coefficient (Wildman–Crippen LogP) is 6.68. The zero-order valence-corrected chi connectivity index (χ0v) is 18.1. The molecule has 1 heterocycles. The summed E-state index contributed by atoms with van der Waals surface area (Å²) >= 11 is 6.28. The van der Waals surface area contributed by atoms with E-state index in [1.54, 1.807) is 18.2 Å². The summed E-state index contributed by atoms with van der Waals surface area (Å²) in [6, 6.07) is 20.6. The van der Waals surface area contributed by atoms with Crippen LogP contribution in [0.1, 0.15) is 31.7 Å². The highest BCUT2D eigenvalue weighted by molar-refractivity contribution is 6.33. The van der Waals surface area contributed by atoms with Crippen LogP contribution in [-0.4, -0.2) is 17.5 Å². The summed E-state index contributed by atoms with van der Waals surface area (Å²) in [6.45, 7) is 4.22. The zero-order chi connectivity index (χ0) is 21.8. The van der Waals surface area contributed by atoms with Crippen LogP contribution >= 0.6 is 11.6 Å². The minimum atomic E-state index is -0.303. The number of hydrogen-bond acceptors (Lipinski definition) is 4. The quantitative estimate of drug-likeness (QED) is 0.352. The van der Waals surface area contributed by atoms with Gasteiger partial charge in [0.05, 0.1) is 10.7 Å². The standard InChI is InChI=1S/C25H23ClN2O3/c1-3-16(2)17-8-11-19(12-9-17)30-15-24(29)27-22-14-18(10-13-20(22)26)25-28-21-6-4-5-7-23(21)31-25/h4-14,16H,3,15H2,1-2H3,(H,27,29). The summed E-state index contributed by atoms with van der Waals surface area (Å²) < 4.78 is 11.4. The molecule has 3 aromatic carbocycles. The summed E-state index contributed by atoms with van der Waals surface area (Å²) in [5.74, 6) is 1.30. The number of aromatic nitrogens is 1. The molecule has 1 aromatic heterocycles. The molecule has 31 heavy (non-hydrogen) atoms. The van der Waals surface area contributed by atoms with Gasteiger partial charge in [-0.2, -0.15) is 0 Å². The minimum Gasteiger partial charge on any atom is -0.484 e. The lowest BCUT2D eigenvalue weighted by Crippen LogP contribution is -2.20. The second-order valence-electron chi connectivity index (χ2n) is 7.40. The fraction of sp³-hybridized carbons (Fsp3) is 0.200. The molecule has 158 valence electrons. The number of anilines is 1. The van der Waals surface area contributed by atoms with E-state index in [0.29, 0.717) is 33.9 Å². The molecule has 0 aliphatic carbocycles. The maximum absolute atomic E-state index is 12.4. The molecule has 4 aromatic rings. The van der Waals surface area contributed by atoms with Crippen molar-refractivity contribution >= 4 is 34.3 Å². The van der Waals surface area contributed by atoms with Gasteiger partial charge in [-0.3, -0.25) is 4.79 Å². The summed E-state index contributed by atoms with van der Waals surface area (Å²) in [7, 11) is 0. The third-order valence-corrected chi connectivity index (χ3v) is 5.54. The van der Waals surface area contributed by atoms with Gasteiger partial charge in [-0.1, -0.05) is 49.7 Å². The van der Waals surface area contributed by atoms with Gasteiger partial charge >= 0.3 is 0 Å². The van der Waals surface area contributed by atoms with Crippen molar-refractivity contribution < 1.29 is 13.9 Å². The second kappa shape index (κ2) is 9.23. The molecule has 0 bridgehead atoms. The highest BCUT2D eigenvalue weighted by Gasteiger charge is 2.13. The van der Waals surface area contributed by atoms with E-state index in [1.807, 2.05) is 48.5 Å². The van der Waals surface area contributed by atoms with Crippen LogP contribution in [0.5, 0.6) is 5.75 Å². The number of nitrogens with zero attached hydrogens (tertiary/aromatic N) is 1. The van der Waals surface area contributed by atoms with E-state index in [4.69, 9.17) is 20.8 Å². The van der Waals surface area contributed by atoms with Crippen LogP contribution in [-0.2, 0) is 4.79 Å². The van der Waals surface area contributed by atoms with Gasteiger partial charge in [-0.05, 0) is 60.4 Å². The third kappa shape index (κ3) is 4.89. The van der Waals surface area contributed by atoms with Gasteiger partial charge in [0.2, 0.25) is 5.89 Å². The van der Waals surface area contributed by atoms with E-state index < -0.39 is 0 Å². The van der Waals surface area contributed by atoms with Crippen LogP contribution in [0.25, 0.3) is 22.6 Å². The number of rotatable bonds is 7. The maximum atomic E-state index is 12.4. The van der Waals surface area contributed by atoms with Crippen molar-refractivity contribution in [2.45, 2.75) is 26.2 Å². The molecule has 0 aliphatic heterocycles.